The van der Waals surface area contributed by atoms with Gasteiger partial charge in [0.25, 0.3) is 5.69 Å². The highest BCUT2D eigenvalue weighted by molar-refractivity contribution is 5.49. The molecule has 198 valence electrons. The van der Waals surface area contributed by atoms with Gasteiger partial charge in [-0.3, -0.25) is 10.1 Å². The number of non-ortho nitro benzene ring substituents is 1. The van der Waals surface area contributed by atoms with Crippen molar-refractivity contribution in [3.63, 3.8) is 0 Å². The molecule has 35 heavy (non-hydrogen) atoms. The molecule has 3 rings (SSSR count). The SMILES string of the molecule is CCCCCCCCCCCCO[C@H]1O[C@H]([C@H](C)Nc2ccc([N+](=O)[O-])cc2)[C@@H]2OC(C)(C)O[C@H]12. The van der Waals surface area contributed by atoms with Crippen molar-refractivity contribution >= 4 is 11.4 Å². The number of anilines is 1. The average Bonchev–Trinajstić information content (AvgIpc) is 3.30. The summed E-state index contributed by atoms with van der Waals surface area (Å²) in [6.45, 7) is 8.74. The van der Waals surface area contributed by atoms with Gasteiger partial charge in [-0.15, -0.1) is 0 Å². The number of unbranched alkanes of at least 4 members (excludes halogenated alkanes) is 9. The van der Waals surface area contributed by atoms with Crippen molar-refractivity contribution in [3.8, 4) is 0 Å². The van der Waals surface area contributed by atoms with Gasteiger partial charge in [0.1, 0.15) is 18.3 Å². The molecule has 2 aliphatic heterocycles. The van der Waals surface area contributed by atoms with Gasteiger partial charge in [0.05, 0.1) is 11.0 Å². The van der Waals surface area contributed by atoms with Gasteiger partial charge in [0, 0.05) is 24.4 Å². The number of benzene rings is 1. The third kappa shape index (κ3) is 8.41. The second kappa shape index (κ2) is 13.5. The number of nitrogens with zero attached hydrogens (tertiary/aromatic N) is 1. The molecule has 1 aromatic carbocycles. The lowest BCUT2D eigenvalue weighted by Gasteiger charge is -2.28. The van der Waals surface area contributed by atoms with E-state index < -0.39 is 17.0 Å². The van der Waals surface area contributed by atoms with E-state index >= 15 is 0 Å². The second-order valence-electron chi connectivity index (χ2n) is 10.3. The Morgan fingerprint density at radius 3 is 2.14 bits per heavy atom. The zero-order valence-corrected chi connectivity index (χ0v) is 21.9. The zero-order chi connectivity index (χ0) is 25.3. The molecule has 1 aromatic rings. The maximum atomic E-state index is 10.9. The van der Waals surface area contributed by atoms with Gasteiger partial charge in [-0.05, 0) is 39.3 Å². The molecular formula is C27H44N2O6. The summed E-state index contributed by atoms with van der Waals surface area (Å²) in [5, 5.41) is 14.3. The quantitative estimate of drug-likeness (QED) is 0.158. The van der Waals surface area contributed by atoms with Gasteiger partial charge >= 0.3 is 0 Å². The lowest BCUT2D eigenvalue weighted by molar-refractivity contribution is -0.384. The summed E-state index contributed by atoms with van der Waals surface area (Å²) in [6.07, 6.45) is 11.6. The van der Waals surface area contributed by atoms with E-state index in [1.54, 1.807) is 12.1 Å². The third-order valence-electron chi connectivity index (χ3n) is 6.79. The van der Waals surface area contributed by atoms with E-state index in [0.717, 1.165) is 12.1 Å². The van der Waals surface area contributed by atoms with Crippen LogP contribution in [0.1, 0.15) is 91.9 Å². The topological polar surface area (TPSA) is 92.1 Å². The monoisotopic (exact) mass is 492 g/mol. The Kier molecular flexibility index (Phi) is 10.8. The number of hydrogen-bond acceptors (Lipinski definition) is 7. The number of fused-ring (bicyclic) bond motifs is 1. The van der Waals surface area contributed by atoms with Crippen LogP contribution in [0.4, 0.5) is 11.4 Å². The normalized spacial score (nSPS) is 25.9. The fourth-order valence-electron chi connectivity index (χ4n) is 4.94. The summed E-state index contributed by atoms with van der Waals surface area (Å²) < 4.78 is 24.7. The van der Waals surface area contributed by atoms with Crippen LogP contribution in [0.5, 0.6) is 0 Å². The minimum absolute atomic E-state index is 0.0649. The van der Waals surface area contributed by atoms with Gasteiger partial charge in [-0.1, -0.05) is 64.7 Å². The van der Waals surface area contributed by atoms with E-state index in [9.17, 15) is 10.1 Å². The Hall–Kier alpha value is -1.74. The van der Waals surface area contributed by atoms with E-state index in [-0.39, 0.29) is 30.0 Å². The van der Waals surface area contributed by atoms with Crippen molar-refractivity contribution < 1.29 is 23.9 Å². The molecule has 0 aromatic heterocycles. The lowest BCUT2D eigenvalue weighted by Crippen LogP contribution is -2.41. The van der Waals surface area contributed by atoms with E-state index in [1.165, 1.54) is 69.9 Å². The van der Waals surface area contributed by atoms with Gasteiger partial charge < -0.3 is 24.3 Å². The number of hydrogen-bond donors (Lipinski definition) is 1. The molecular weight excluding hydrogens is 448 g/mol. The molecule has 0 amide bonds. The largest absolute Gasteiger partial charge is 0.380 e. The van der Waals surface area contributed by atoms with E-state index in [2.05, 4.69) is 12.2 Å². The highest BCUT2D eigenvalue weighted by atomic mass is 16.8. The van der Waals surface area contributed by atoms with Crippen molar-refractivity contribution in [1.29, 1.82) is 0 Å². The molecule has 8 heteroatoms. The molecule has 0 saturated carbocycles. The molecule has 8 nitrogen and oxygen atoms in total. The molecule has 0 aliphatic carbocycles. The van der Waals surface area contributed by atoms with Crippen molar-refractivity contribution in [2.45, 2.75) is 128 Å². The van der Waals surface area contributed by atoms with Crippen molar-refractivity contribution in [3.05, 3.63) is 34.4 Å². The highest BCUT2D eigenvalue weighted by Crippen LogP contribution is 2.40. The van der Waals surface area contributed by atoms with Gasteiger partial charge in [-0.2, -0.15) is 0 Å². The highest BCUT2D eigenvalue weighted by Gasteiger charge is 2.57. The molecule has 0 unspecified atom stereocenters. The van der Waals surface area contributed by atoms with Gasteiger partial charge in [0.15, 0.2) is 12.1 Å². The summed E-state index contributed by atoms with van der Waals surface area (Å²) >= 11 is 0. The number of ether oxygens (including phenoxy) is 4. The molecule has 1 N–H and O–H groups in total. The average molecular weight is 493 g/mol. The van der Waals surface area contributed by atoms with E-state index in [0.29, 0.717) is 6.61 Å². The number of nitrogens with one attached hydrogen (secondary N) is 1. The zero-order valence-electron chi connectivity index (χ0n) is 21.9. The molecule has 2 fully saturated rings. The smallest absolute Gasteiger partial charge is 0.269 e. The minimum atomic E-state index is -0.691. The summed E-state index contributed by atoms with van der Waals surface area (Å²) in [4.78, 5) is 10.5. The molecule has 2 saturated heterocycles. The van der Waals surface area contributed by atoms with Crippen LogP contribution >= 0.6 is 0 Å². The predicted molar refractivity (Wildman–Crippen MR) is 136 cm³/mol. The van der Waals surface area contributed by atoms with Crippen LogP contribution in [0.2, 0.25) is 0 Å². The fraction of sp³-hybridized carbons (Fsp3) is 0.778. The van der Waals surface area contributed by atoms with E-state index in [4.69, 9.17) is 18.9 Å². The standard InChI is InChI=1S/C27H44N2O6/c1-5-6-7-8-9-10-11-12-13-14-19-32-26-25-24(34-27(3,4)35-25)23(33-26)20(2)28-21-15-17-22(18-16-21)29(30)31/h15-18,20,23-26,28H,5-14,19H2,1-4H3/t20-,23+,24-,25-,26-/m0/s1. The van der Waals surface area contributed by atoms with Gasteiger partial charge in [-0.25, -0.2) is 0 Å². The van der Waals surface area contributed by atoms with Crippen LogP contribution in [-0.4, -0.2) is 48.0 Å². The van der Waals surface area contributed by atoms with Gasteiger partial charge in [0.2, 0.25) is 0 Å². The van der Waals surface area contributed by atoms with E-state index in [1.807, 2.05) is 20.8 Å². The second-order valence-corrected chi connectivity index (χ2v) is 10.3. The summed E-state index contributed by atoms with van der Waals surface area (Å²) in [7, 11) is 0. The van der Waals surface area contributed by atoms with Crippen LogP contribution in [-0.2, 0) is 18.9 Å². The van der Waals surface area contributed by atoms with Crippen LogP contribution in [0.25, 0.3) is 0 Å². The first kappa shape index (κ1) is 27.8. The van der Waals surface area contributed by atoms with Crippen LogP contribution < -0.4 is 5.32 Å². The summed E-state index contributed by atoms with van der Waals surface area (Å²) in [5.74, 6) is -0.691. The van der Waals surface area contributed by atoms with Crippen molar-refractivity contribution in [1.82, 2.24) is 0 Å². The van der Waals surface area contributed by atoms with Crippen molar-refractivity contribution in [2.24, 2.45) is 0 Å². The van der Waals surface area contributed by atoms with Crippen molar-refractivity contribution in [2.75, 3.05) is 11.9 Å². The number of rotatable bonds is 16. The Morgan fingerprint density at radius 2 is 1.54 bits per heavy atom. The number of nitro benzene ring substituents is 1. The number of nitro groups is 1. The van der Waals surface area contributed by atoms with Crippen LogP contribution in [0.15, 0.2) is 24.3 Å². The van der Waals surface area contributed by atoms with Crippen LogP contribution in [0, 0.1) is 10.1 Å². The minimum Gasteiger partial charge on any atom is -0.380 e. The molecule has 0 radical (unpaired) electrons. The first-order valence-electron chi connectivity index (χ1n) is 13.4. The molecule has 2 aliphatic rings. The molecule has 0 bridgehead atoms. The Bertz CT molecular complexity index is 771. The molecule has 0 spiro atoms. The maximum absolute atomic E-state index is 10.9. The maximum Gasteiger partial charge on any atom is 0.269 e. The first-order valence-corrected chi connectivity index (χ1v) is 13.4. The predicted octanol–water partition coefficient (Wildman–Crippen LogP) is 6.58. The molecule has 2 heterocycles. The fourth-order valence-corrected chi connectivity index (χ4v) is 4.94. The van der Waals surface area contributed by atoms with Crippen LogP contribution in [0.3, 0.4) is 0 Å². The molecule has 5 atom stereocenters. The third-order valence-corrected chi connectivity index (χ3v) is 6.79. The Balaban J connectivity index is 1.42. The summed E-state index contributed by atoms with van der Waals surface area (Å²) in [5.41, 5.74) is 0.853. The summed E-state index contributed by atoms with van der Waals surface area (Å²) in [6, 6.07) is 6.29. The first-order chi connectivity index (χ1) is 16.8. The Morgan fingerprint density at radius 1 is 0.971 bits per heavy atom. The Labute approximate surface area is 210 Å². The lowest BCUT2D eigenvalue weighted by atomic mass is 10.0.